The summed E-state index contributed by atoms with van der Waals surface area (Å²) in [6, 6.07) is 10.2. The fraction of sp³-hybridized carbons (Fsp3) is 0.562. The maximum Gasteiger partial charge on any atom is 0.224 e. The van der Waals surface area contributed by atoms with Crippen molar-refractivity contribution in [1.82, 2.24) is 5.32 Å². The third-order valence-corrected chi connectivity index (χ3v) is 4.40. The van der Waals surface area contributed by atoms with Crippen molar-refractivity contribution in [3.8, 4) is 0 Å². The Labute approximate surface area is 115 Å². The van der Waals surface area contributed by atoms with Crippen molar-refractivity contribution in [2.45, 2.75) is 44.6 Å². The number of carbonyl (C=O) groups is 1. The highest BCUT2D eigenvalue weighted by molar-refractivity contribution is 5.83. The van der Waals surface area contributed by atoms with Crippen LogP contribution in [0.15, 0.2) is 30.3 Å². The Morgan fingerprint density at radius 3 is 2.47 bits per heavy atom. The average molecular weight is 261 g/mol. The second-order valence-electron chi connectivity index (χ2n) is 5.49. The van der Waals surface area contributed by atoms with Crippen LogP contribution in [0.3, 0.4) is 0 Å². The lowest BCUT2D eigenvalue weighted by Crippen LogP contribution is -2.51. The average Bonchev–Trinajstić information content (AvgIpc) is 3.26. The van der Waals surface area contributed by atoms with Gasteiger partial charge in [0, 0.05) is 5.92 Å². The quantitative estimate of drug-likeness (QED) is 0.826. The van der Waals surface area contributed by atoms with Crippen molar-refractivity contribution in [3.63, 3.8) is 0 Å². The van der Waals surface area contributed by atoms with E-state index in [4.69, 9.17) is 0 Å². The normalized spacial score (nSPS) is 22.1. The van der Waals surface area contributed by atoms with Crippen LogP contribution in [0.2, 0.25) is 0 Å². The molecule has 0 radical (unpaired) electrons. The van der Waals surface area contributed by atoms with E-state index in [1.807, 2.05) is 32.0 Å². The Bertz CT molecular complexity index is 417. The standard InChI is InChI=1S/C16H23NO2/c1-3-16(4-2,11-18)17-15(19)14-10-13(14)12-8-6-5-7-9-12/h5-9,13-14,18H,3-4,10-11H2,1-2H3,(H,17,19). The van der Waals surface area contributed by atoms with Crippen LogP contribution in [0, 0.1) is 5.92 Å². The van der Waals surface area contributed by atoms with E-state index in [2.05, 4.69) is 17.4 Å². The summed E-state index contributed by atoms with van der Waals surface area (Å²) in [6.45, 7) is 4.01. The predicted molar refractivity (Wildman–Crippen MR) is 75.8 cm³/mol. The van der Waals surface area contributed by atoms with E-state index in [1.54, 1.807) is 0 Å². The zero-order chi connectivity index (χ0) is 13.9. The van der Waals surface area contributed by atoms with E-state index in [1.165, 1.54) is 5.56 Å². The fourth-order valence-electron chi connectivity index (χ4n) is 2.60. The number of carbonyl (C=O) groups excluding carboxylic acids is 1. The van der Waals surface area contributed by atoms with Crippen LogP contribution in [-0.4, -0.2) is 23.2 Å². The summed E-state index contributed by atoms with van der Waals surface area (Å²) in [6.07, 6.45) is 2.44. The molecule has 1 aromatic carbocycles. The number of amides is 1. The first-order valence-corrected chi connectivity index (χ1v) is 7.13. The van der Waals surface area contributed by atoms with Gasteiger partial charge in [-0.2, -0.15) is 0 Å². The zero-order valence-corrected chi connectivity index (χ0v) is 11.7. The molecule has 1 aromatic rings. The summed E-state index contributed by atoms with van der Waals surface area (Å²) in [5, 5.41) is 12.5. The van der Waals surface area contributed by atoms with Crippen molar-refractivity contribution in [1.29, 1.82) is 0 Å². The molecular formula is C16H23NO2. The number of hydrogen-bond donors (Lipinski definition) is 2. The molecule has 2 rings (SSSR count). The molecule has 1 amide bonds. The summed E-state index contributed by atoms with van der Waals surface area (Å²) < 4.78 is 0. The molecule has 1 aliphatic carbocycles. The third-order valence-electron chi connectivity index (χ3n) is 4.40. The summed E-state index contributed by atoms with van der Waals surface area (Å²) in [5.74, 6) is 0.518. The van der Waals surface area contributed by atoms with Crippen LogP contribution in [0.1, 0.15) is 44.6 Å². The van der Waals surface area contributed by atoms with Crippen LogP contribution >= 0.6 is 0 Å². The zero-order valence-electron chi connectivity index (χ0n) is 11.7. The second kappa shape index (κ2) is 5.74. The molecule has 1 aliphatic rings. The molecule has 0 spiro atoms. The molecule has 1 fully saturated rings. The SMILES string of the molecule is CCC(CC)(CO)NC(=O)C1CC1c1ccccc1. The van der Waals surface area contributed by atoms with Gasteiger partial charge in [0.05, 0.1) is 12.1 Å². The molecule has 0 heterocycles. The van der Waals surface area contributed by atoms with E-state index < -0.39 is 5.54 Å². The van der Waals surface area contributed by atoms with Gasteiger partial charge >= 0.3 is 0 Å². The molecule has 19 heavy (non-hydrogen) atoms. The van der Waals surface area contributed by atoms with Crippen LogP contribution in [0.5, 0.6) is 0 Å². The Hall–Kier alpha value is -1.35. The van der Waals surface area contributed by atoms with Gasteiger partial charge in [-0.25, -0.2) is 0 Å². The molecule has 2 atom stereocenters. The molecule has 104 valence electrons. The van der Waals surface area contributed by atoms with Gasteiger partial charge in [0.2, 0.25) is 5.91 Å². The molecule has 0 saturated heterocycles. The Balaban J connectivity index is 1.96. The van der Waals surface area contributed by atoms with Gasteiger partial charge < -0.3 is 10.4 Å². The van der Waals surface area contributed by atoms with E-state index >= 15 is 0 Å². The van der Waals surface area contributed by atoms with Gasteiger partial charge in [0.25, 0.3) is 0 Å². The third kappa shape index (κ3) is 2.98. The Morgan fingerprint density at radius 2 is 1.95 bits per heavy atom. The molecule has 0 aliphatic heterocycles. The fourth-order valence-corrected chi connectivity index (χ4v) is 2.60. The lowest BCUT2D eigenvalue weighted by Gasteiger charge is -2.30. The first-order valence-electron chi connectivity index (χ1n) is 7.13. The first kappa shape index (κ1) is 14.1. The van der Waals surface area contributed by atoms with Crippen molar-refractivity contribution >= 4 is 5.91 Å². The van der Waals surface area contributed by atoms with Gasteiger partial charge in [0.15, 0.2) is 0 Å². The highest BCUT2D eigenvalue weighted by Gasteiger charge is 2.45. The largest absolute Gasteiger partial charge is 0.394 e. The lowest BCUT2D eigenvalue weighted by atomic mass is 9.93. The lowest BCUT2D eigenvalue weighted by molar-refractivity contribution is -0.125. The molecule has 0 bridgehead atoms. The number of benzene rings is 1. The van der Waals surface area contributed by atoms with E-state index in [0.29, 0.717) is 5.92 Å². The van der Waals surface area contributed by atoms with Gasteiger partial charge in [-0.1, -0.05) is 44.2 Å². The smallest absolute Gasteiger partial charge is 0.224 e. The molecule has 0 aromatic heterocycles. The number of rotatable bonds is 6. The number of aliphatic hydroxyl groups excluding tert-OH is 1. The van der Waals surface area contributed by atoms with Gasteiger partial charge in [0.1, 0.15) is 0 Å². The van der Waals surface area contributed by atoms with Crippen LogP contribution < -0.4 is 5.32 Å². The van der Waals surface area contributed by atoms with Crippen LogP contribution in [0.25, 0.3) is 0 Å². The predicted octanol–water partition coefficient (Wildman–Crippen LogP) is 2.46. The Kier molecular flexibility index (Phi) is 4.25. The topological polar surface area (TPSA) is 49.3 Å². The minimum atomic E-state index is -0.444. The summed E-state index contributed by atoms with van der Waals surface area (Å²) >= 11 is 0. The number of hydrogen-bond acceptors (Lipinski definition) is 2. The van der Waals surface area contributed by atoms with Gasteiger partial charge in [-0.05, 0) is 30.7 Å². The Morgan fingerprint density at radius 1 is 1.32 bits per heavy atom. The summed E-state index contributed by atoms with van der Waals surface area (Å²) in [5.41, 5.74) is 0.797. The highest BCUT2D eigenvalue weighted by atomic mass is 16.3. The van der Waals surface area contributed by atoms with Gasteiger partial charge in [-0.15, -0.1) is 0 Å². The number of aliphatic hydroxyl groups is 1. The molecule has 3 nitrogen and oxygen atoms in total. The van der Waals surface area contributed by atoms with Crippen molar-refractivity contribution < 1.29 is 9.90 Å². The monoisotopic (exact) mass is 261 g/mol. The van der Waals surface area contributed by atoms with E-state index in [0.717, 1.165) is 19.3 Å². The second-order valence-corrected chi connectivity index (χ2v) is 5.49. The first-order chi connectivity index (χ1) is 9.15. The summed E-state index contributed by atoms with van der Waals surface area (Å²) in [7, 11) is 0. The van der Waals surface area contributed by atoms with E-state index in [9.17, 15) is 9.90 Å². The van der Waals surface area contributed by atoms with Crippen molar-refractivity contribution in [2.24, 2.45) is 5.92 Å². The van der Waals surface area contributed by atoms with Crippen molar-refractivity contribution in [3.05, 3.63) is 35.9 Å². The maximum absolute atomic E-state index is 12.3. The molecular weight excluding hydrogens is 238 g/mol. The molecule has 3 heteroatoms. The van der Waals surface area contributed by atoms with Crippen LogP contribution in [-0.2, 0) is 4.79 Å². The molecule has 1 saturated carbocycles. The highest BCUT2D eigenvalue weighted by Crippen LogP contribution is 2.47. The van der Waals surface area contributed by atoms with Gasteiger partial charge in [-0.3, -0.25) is 4.79 Å². The maximum atomic E-state index is 12.3. The molecule has 2 N–H and O–H groups in total. The van der Waals surface area contributed by atoms with E-state index in [-0.39, 0.29) is 18.4 Å². The molecule has 2 unspecified atom stereocenters. The minimum absolute atomic E-state index is 0.00840. The minimum Gasteiger partial charge on any atom is -0.394 e. The number of nitrogens with one attached hydrogen (secondary N) is 1. The van der Waals surface area contributed by atoms with Crippen LogP contribution in [0.4, 0.5) is 0 Å². The van der Waals surface area contributed by atoms with Crippen molar-refractivity contribution in [2.75, 3.05) is 6.61 Å². The summed E-state index contributed by atoms with van der Waals surface area (Å²) in [4.78, 5) is 12.3.